The lowest BCUT2D eigenvalue weighted by Gasteiger charge is -2.09. The molecule has 1 N–H and O–H groups in total. The summed E-state index contributed by atoms with van der Waals surface area (Å²) < 4.78 is 30.8. The van der Waals surface area contributed by atoms with Crippen LogP contribution in [0.4, 0.5) is 0 Å². The largest absolute Gasteiger partial charge is 0.488 e. The summed E-state index contributed by atoms with van der Waals surface area (Å²) in [5, 5.41) is 3.93. The van der Waals surface area contributed by atoms with Crippen LogP contribution < -0.4 is 9.57 Å². The smallest absolute Gasteiger partial charge is 0.276 e. The Bertz CT molecular complexity index is 1080. The van der Waals surface area contributed by atoms with Gasteiger partial charge in [0.2, 0.25) is 0 Å². The van der Waals surface area contributed by atoms with Crippen LogP contribution in [-0.2, 0) is 16.6 Å². The number of benzene rings is 3. The molecule has 0 spiro atoms. The second kappa shape index (κ2) is 8.71. The van der Waals surface area contributed by atoms with E-state index in [0.29, 0.717) is 23.5 Å². The zero-order valence-electron chi connectivity index (χ0n) is 15.8. The molecule has 28 heavy (non-hydrogen) atoms. The first-order valence-electron chi connectivity index (χ1n) is 8.83. The Morgan fingerprint density at radius 1 is 0.964 bits per heavy atom. The van der Waals surface area contributed by atoms with E-state index >= 15 is 0 Å². The topological polar surface area (TPSA) is 67.8 Å². The Labute approximate surface area is 165 Å². The molecule has 0 bridgehead atoms. The third-order valence-electron chi connectivity index (χ3n) is 4.15. The summed E-state index contributed by atoms with van der Waals surface area (Å²) in [6.45, 7) is 4.10. The van der Waals surface area contributed by atoms with Crippen molar-refractivity contribution >= 4 is 16.2 Å². The molecule has 3 aromatic carbocycles. The molecule has 3 aromatic rings. The molecule has 0 heterocycles. The molecular weight excluding hydrogens is 372 g/mol. The highest BCUT2D eigenvalue weighted by molar-refractivity contribution is 7.89. The number of rotatable bonds is 7. The van der Waals surface area contributed by atoms with Gasteiger partial charge in [-0.1, -0.05) is 60.2 Å². The van der Waals surface area contributed by atoms with Gasteiger partial charge in [-0.2, -0.15) is 13.5 Å². The van der Waals surface area contributed by atoms with Crippen molar-refractivity contribution in [3.63, 3.8) is 0 Å². The standard InChI is InChI=1S/C22H22N2O3S/c1-17-12-13-22(18(2)14-17)28(25,26)24-23-15-20-10-6-7-11-21(20)27-16-19-8-4-3-5-9-19/h3-15,24H,16H2,1-2H3/b23-15+. The van der Waals surface area contributed by atoms with E-state index in [1.807, 2.05) is 67.6 Å². The maximum atomic E-state index is 12.5. The summed E-state index contributed by atoms with van der Waals surface area (Å²) in [7, 11) is -3.73. The van der Waals surface area contributed by atoms with Crippen LogP contribution in [0.5, 0.6) is 5.75 Å². The van der Waals surface area contributed by atoms with Crippen LogP contribution in [0, 0.1) is 13.8 Å². The Kier molecular flexibility index (Phi) is 6.11. The predicted molar refractivity (Wildman–Crippen MR) is 111 cm³/mol. The van der Waals surface area contributed by atoms with Crippen molar-refractivity contribution in [2.45, 2.75) is 25.3 Å². The number of hydrogen-bond acceptors (Lipinski definition) is 4. The molecule has 0 aliphatic heterocycles. The zero-order chi connectivity index (χ0) is 20.0. The molecule has 0 saturated carbocycles. The van der Waals surface area contributed by atoms with Crippen molar-refractivity contribution < 1.29 is 13.2 Å². The maximum absolute atomic E-state index is 12.5. The Morgan fingerprint density at radius 3 is 2.43 bits per heavy atom. The van der Waals surface area contributed by atoms with Gasteiger partial charge in [-0.3, -0.25) is 0 Å². The maximum Gasteiger partial charge on any atom is 0.276 e. The molecule has 0 aromatic heterocycles. The third kappa shape index (κ3) is 4.98. The summed E-state index contributed by atoms with van der Waals surface area (Å²) in [6.07, 6.45) is 1.45. The number of sulfonamides is 1. The molecular formula is C22H22N2O3S. The highest BCUT2D eigenvalue weighted by Gasteiger charge is 2.15. The van der Waals surface area contributed by atoms with Crippen molar-refractivity contribution in [1.82, 2.24) is 4.83 Å². The Hall–Kier alpha value is -3.12. The first kappa shape index (κ1) is 19.6. The second-order valence-electron chi connectivity index (χ2n) is 6.43. The fourth-order valence-corrected chi connectivity index (χ4v) is 3.79. The summed E-state index contributed by atoms with van der Waals surface area (Å²) >= 11 is 0. The lowest BCUT2D eigenvalue weighted by atomic mass is 10.2. The first-order valence-corrected chi connectivity index (χ1v) is 10.3. The molecule has 0 fully saturated rings. The van der Waals surface area contributed by atoms with Gasteiger partial charge in [-0.05, 0) is 43.2 Å². The van der Waals surface area contributed by atoms with E-state index in [9.17, 15) is 8.42 Å². The number of nitrogens with zero attached hydrogens (tertiary/aromatic N) is 1. The van der Waals surface area contributed by atoms with Crippen molar-refractivity contribution in [3.8, 4) is 5.75 Å². The van der Waals surface area contributed by atoms with Crippen LogP contribution in [0.25, 0.3) is 0 Å². The Morgan fingerprint density at radius 2 is 1.68 bits per heavy atom. The molecule has 0 radical (unpaired) electrons. The molecule has 144 valence electrons. The van der Waals surface area contributed by atoms with Crippen LogP contribution >= 0.6 is 0 Å². The SMILES string of the molecule is Cc1ccc(S(=O)(=O)N/N=C/c2ccccc2OCc2ccccc2)c(C)c1. The molecule has 0 unspecified atom stereocenters. The number of para-hydroxylation sites is 1. The van der Waals surface area contributed by atoms with E-state index in [1.54, 1.807) is 19.1 Å². The fraction of sp³-hybridized carbons (Fsp3) is 0.136. The third-order valence-corrected chi connectivity index (χ3v) is 5.54. The summed E-state index contributed by atoms with van der Waals surface area (Å²) in [6, 6.07) is 22.3. The van der Waals surface area contributed by atoms with Crippen molar-refractivity contribution in [1.29, 1.82) is 0 Å². The van der Waals surface area contributed by atoms with Gasteiger partial charge < -0.3 is 4.74 Å². The number of aryl methyl sites for hydroxylation is 2. The van der Waals surface area contributed by atoms with Gasteiger partial charge in [-0.25, -0.2) is 4.83 Å². The quantitative estimate of drug-likeness (QED) is 0.482. The van der Waals surface area contributed by atoms with Gasteiger partial charge in [0.25, 0.3) is 10.0 Å². The van der Waals surface area contributed by atoms with Crippen molar-refractivity contribution in [3.05, 3.63) is 95.1 Å². The summed E-state index contributed by atoms with van der Waals surface area (Å²) in [4.78, 5) is 2.48. The number of hydrazone groups is 1. The van der Waals surface area contributed by atoms with E-state index in [0.717, 1.165) is 11.1 Å². The van der Waals surface area contributed by atoms with Gasteiger partial charge in [-0.15, -0.1) is 0 Å². The summed E-state index contributed by atoms with van der Waals surface area (Å²) in [5.41, 5.74) is 3.41. The van der Waals surface area contributed by atoms with Crippen LogP contribution in [0.1, 0.15) is 22.3 Å². The molecule has 0 saturated heterocycles. The molecule has 6 heteroatoms. The molecule has 0 aliphatic rings. The minimum atomic E-state index is -3.73. The van der Waals surface area contributed by atoms with Crippen molar-refractivity contribution in [2.75, 3.05) is 0 Å². The van der Waals surface area contributed by atoms with E-state index in [2.05, 4.69) is 9.93 Å². The number of nitrogens with one attached hydrogen (secondary N) is 1. The van der Waals surface area contributed by atoms with Gasteiger partial charge in [0, 0.05) is 5.56 Å². The van der Waals surface area contributed by atoms with E-state index in [-0.39, 0.29) is 4.90 Å². The summed E-state index contributed by atoms with van der Waals surface area (Å²) in [5.74, 6) is 0.626. The van der Waals surface area contributed by atoms with Gasteiger partial charge in [0.15, 0.2) is 0 Å². The minimum absolute atomic E-state index is 0.212. The predicted octanol–water partition coefficient (Wildman–Crippen LogP) is 4.19. The second-order valence-corrected chi connectivity index (χ2v) is 8.06. The van der Waals surface area contributed by atoms with Gasteiger partial charge in [0.05, 0.1) is 11.1 Å². The lowest BCUT2D eigenvalue weighted by molar-refractivity contribution is 0.306. The van der Waals surface area contributed by atoms with Gasteiger partial charge in [0.1, 0.15) is 12.4 Å². The lowest BCUT2D eigenvalue weighted by Crippen LogP contribution is -2.19. The van der Waals surface area contributed by atoms with Crippen LogP contribution in [0.15, 0.2) is 82.8 Å². The highest BCUT2D eigenvalue weighted by Crippen LogP contribution is 2.18. The van der Waals surface area contributed by atoms with Crippen LogP contribution in [0.2, 0.25) is 0 Å². The van der Waals surface area contributed by atoms with Gasteiger partial charge >= 0.3 is 0 Å². The number of hydrogen-bond donors (Lipinski definition) is 1. The average molecular weight is 394 g/mol. The minimum Gasteiger partial charge on any atom is -0.488 e. The van der Waals surface area contributed by atoms with E-state index in [1.165, 1.54) is 6.21 Å². The van der Waals surface area contributed by atoms with Crippen molar-refractivity contribution in [2.24, 2.45) is 5.10 Å². The van der Waals surface area contributed by atoms with E-state index in [4.69, 9.17) is 4.74 Å². The Balaban J connectivity index is 1.72. The monoisotopic (exact) mass is 394 g/mol. The molecule has 0 aliphatic carbocycles. The van der Waals surface area contributed by atoms with E-state index < -0.39 is 10.0 Å². The average Bonchev–Trinajstić information content (AvgIpc) is 2.67. The molecule has 0 atom stereocenters. The fourth-order valence-electron chi connectivity index (χ4n) is 2.77. The molecule has 5 nitrogen and oxygen atoms in total. The zero-order valence-corrected chi connectivity index (χ0v) is 16.6. The normalized spacial score (nSPS) is 11.5. The van der Waals surface area contributed by atoms with Crippen LogP contribution in [0.3, 0.4) is 0 Å². The number of ether oxygens (including phenoxy) is 1. The molecule has 3 rings (SSSR count). The van der Waals surface area contributed by atoms with Crippen LogP contribution in [-0.4, -0.2) is 14.6 Å². The molecule has 0 amide bonds. The first-order chi connectivity index (χ1) is 13.5. The highest BCUT2D eigenvalue weighted by atomic mass is 32.2.